The molecule has 0 spiro atoms. The van der Waals surface area contributed by atoms with Gasteiger partial charge in [-0.2, -0.15) is 0 Å². The molecule has 24 heavy (non-hydrogen) atoms. The number of aryl methyl sites for hydroxylation is 1. The van der Waals surface area contributed by atoms with Crippen LogP contribution in [0.1, 0.15) is 36.6 Å². The number of nitrogen functional groups attached to an aromatic ring is 1. The van der Waals surface area contributed by atoms with Crippen LogP contribution in [0.2, 0.25) is 0 Å². The van der Waals surface area contributed by atoms with E-state index in [-0.39, 0.29) is 0 Å². The predicted molar refractivity (Wildman–Crippen MR) is 96.0 cm³/mol. The molecule has 0 atom stereocenters. The number of aromatic nitrogens is 4. The highest BCUT2D eigenvalue weighted by molar-refractivity contribution is 5.91. The molecule has 1 fully saturated rings. The Bertz CT molecular complexity index is 1070. The fraction of sp³-hybridized carbons (Fsp3) is 0.263. The van der Waals surface area contributed by atoms with Crippen molar-refractivity contribution in [2.75, 3.05) is 5.73 Å². The predicted octanol–water partition coefficient (Wildman–Crippen LogP) is 4.04. The zero-order valence-electron chi connectivity index (χ0n) is 13.6. The quantitative estimate of drug-likeness (QED) is 0.586. The maximum absolute atomic E-state index is 6.20. The number of hydrogen-bond acceptors (Lipinski definition) is 3. The van der Waals surface area contributed by atoms with E-state index in [1.165, 1.54) is 30.2 Å². The van der Waals surface area contributed by atoms with E-state index in [2.05, 4.69) is 45.6 Å². The first kappa shape index (κ1) is 13.6. The van der Waals surface area contributed by atoms with Gasteiger partial charge in [0.15, 0.2) is 0 Å². The summed E-state index contributed by atoms with van der Waals surface area (Å²) in [5, 5.41) is 1.19. The molecule has 1 aliphatic rings. The van der Waals surface area contributed by atoms with Gasteiger partial charge in [0.05, 0.1) is 5.69 Å². The van der Waals surface area contributed by atoms with Crippen LogP contribution in [-0.2, 0) is 0 Å². The second kappa shape index (κ2) is 4.84. The Kier molecular flexibility index (Phi) is 2.74. The van der Waals surface area contributed by atoms with Crippen LogP contribution in [-0.4, -0.2) is 19.4 Å². The van der Waals surface area contributed by atoms with Crippen molar-refractivity contribution in [1.29, 1.82) is 0 Å². The molecule has 1 aliphatic carbocycles. The van der Waals surface area contributed by atoms with Gasteiger partial charge < -0.3 is 10.7 Å². The molecule has 0 saturated heterocycles. The number of hydrogen-bond donors (Lipinski definition) is 2. The summed E-state index contributed by atoms with van der Waals surface area (Å²) in [5.41, 5.74) is 11.4. The summed E-state index contributed by atoms with van der Waals surface area (Å²) < 4.78 is 2.12. The third-order valence-electron chi connectivity index (χ3n) is 5.11. The highest BCUT2D eigenvalue weighted by Crippen LogP contribution is 2.39. The molecule has 5 rings (SSSR count). The molecule has 0 unspecified atom stereocenters. The first-order valence-electron chi connectivity index (χ1n) is 8.43. The topological polar surface area (TPSA) is 72.0 Å². The lowest BCUT2D eigenvalue weighted by Gasteiger charge is -2.23. The highest BCUT2D eigenvalue weighted by atomic mass is 15.1. The maximum Gasteiger partial charge on any atom is 0.150 e. The van der Waals surface area contributed by atoms with Crippen molar-refractivity contribution in [2.24, 2.45) is 0 Å². The van der Waals surface area contributed by atoms with E-state index in [0.717, 1.165) is 28.2 Å². The number of rotatable bonds is 2. The van der Waals surface area contributed by atoms with Gasteiger partial charge in [0.25, 0.3) is 0 Å². The fourth-order valence-corrected chi connectivity index (χ4v) is 3.61. The zero-order valence-corrected chi connectivity index (χ0v) is 13.6. The lowest BCUT2D eigenvalue weighted by atomic mass is 9.85. The molecule has 120 valence electrons. The smallest absolute Gasteiger partial charge is 0.150 e. The van der Waals surface area contributed by atoms with Crippen LogP contribution in [0.25, 0.3) is 27.8 Å². The van der Waals surface area contributed by atoms with E-state index in [9.17, 15) is 0 Å². The van der Waals surface area contributed by atoms with Crippen molar-refractivity contribution in [2.45, 2.75) is 32.1 Å². The summed E-state index contributed by atoms with van der Waals surface area (Å²) in [6.45, 7) is 2.11. The van der Waals surface area contributed by atoms with Gasteiger partial charge in [-0.25, -0.2) is 9.97 Å². The largest absolute Gasteiger partial charge is 0.382 e. The standard InChI is InChI=1S/C19H19N5/c1-11-5-6-14-13(9-11)10-15(22-14)16-17-18(20)21-7-8-24(17)19(23-16)12-3-2-4-12/h5-10,12,22H,2-4H2,1H3,(H2,20,21). The number of imidazole rings is 1. The third-order valence-corrected chi connectivity index (χ3v) is 5.11. The average Bonchev–Trinajstić information content (AvgIpc) is 3.08. The summed E-state index contributed by atoms with van der Waals surface area (Å²) >= 11 is 0. The number of nitrogens with one attached hydrogen (secondary N) is 1. The van der Waals surface area contributed by atoms with Gasteiger partial charge in [0.2, 0.25) is 0 Å². The van der Waals surface area contributed by atoms with Crippen LogP contribution in [0.15, 0.2) is 36.7 Å². The van der Waals surface area contributed by atoms with E-state index < -0.39 is 0 Å². The molecule has 5 nitrogen and oxygen atoms in total. The van der Waals surface area contributed by atoms with E-state index in [4.69, 9.17) is 10.7 Å². The van der Waals surface area contributed by atoms with Crippen LogP contribution in [0.3, 0.4) is 0 Å². The molecular weight excluding hydrogens is 298 g/mol. The van der Waals surface area contributed by atoms with E-state index in [0.29, 0.717) is 11.7 Å². The van der Waals surface area contributed by atoms with E-state index in [1.54, 1.807) is 6.20 Å². The van der Waals surface area contributed by atoms with Crippen molar-refractivity contribution in [3.8, 4) is 11.4 Å². The van der Waals surface area contributed by atoms with Crippen molar-refractivity contribution >= 4 is 22.2 Å². The Balaban J connectivity index is 1.78. The number of fused-ring (bicyclic) bond motifs is 2. The Labute approximate surface area is 139 Å². The summed E-state index contributed by atoms with van der Waals surface area (Å²) in [5.74, 6) is 2.16. The van der Waals surface area contributed by atoms with Crippen molar-refractivity contribution < 1.29 is 0 Å². The zero-order chi connectivity index (χ0) is 16.3. The normalized spacial score (nSPS) is 15.2. The van der Waals surface area contributed by atoms with Crippen molar-refractivity contribution in [3.63, 3.8) is 0 Å². The van der Waals surface area contributed by atoms with E-state index in [1.807, 2.05) is 6.20 Å². The number of nitrogens with zero attached hydrogens (tertiary/aromatic N) is 3. The molecule has 0 radical (unpaired) electrons. The fourth-order valence-electron chi connectivity index (χ4n) is 3.61. The minimum absolute atomic E-state index is 0.527. The van der Waals surface area contributed by atoms with Gasteiger partial charge in [0, 0.05) is 29.2 Å². The first-order valence-corrected chi connectivity index (χ1v) is 8.43. The van der Waals surface area contributed by atoms with Crippen molar-refractivity contribution in [1.82, 2.24) is 19.4 Å². The Morgan fingerprint density at radius 2 is 2.12 bits per heavy atom. The number of benzene rings is 1. The summed E-state index contributed by atoms with van der Waals surface area (Å²) in [4.78, 5) is 12.7. The second-order valence-electron chi connectivity index (χ2n) is 6.75. The lowest BCUT2D eigenvalue weighted by molar-refractivity contribution is 0.400. The third kappa shape index (κ3) is 1.87. The molecule has 3 heterocycles. The second-order valence-corrected chi connectivity index (χ2v) is 6.75. The molecule has 4 aromatic rings. The highest BCUT2D eigenvalue weighted by Gasteiger charge is 2.27. The Hall–Kier alpha value is -2.82. The number of anilines is 1. The Morgan fingerprint density at radius 3 is 2.92 bits per heavy atom. The van der Waals surface area contributed by atoms with Gasteiger partial charge in [0.1, 0.15) is 22.9 Å². The van der Waals surface area contributed by atoms with Gasteiger partial charge in [-0.05, 0) is 38.0 Å². The summed E-state index contributed by atoms with van der Waals surface area (Å²) in [6.07, 6.45) is 7.41. The number of aromatic amines is 1. The van der Waals surface area contributed by atoms with Crippen LogP contribution in [0.5, 0.6) is 0 Å². The molecule has 3 N–H and O–H groups in total. The van der Waals surface area contributed by atoms with Crippen molar-refractivity contribution in [3.05, 3.63) is 48.0 Å². The Morgan fingerprint density at radius 1 is 1.25 bits per heavy atom. The lowest BCUT2D eigenvalue weighted by Crippen LogP contribution is -2.12. The average molecular weight is 317 g/mol. The van der Waals surface area contributed by atoms with Gasteiger partial charge in [-0.3, -0.25) is 4.40 Å². The van der Waals surface area contributed by atoms with Gasteiger partial charge in [-0.15, -0.1) is 0 Å². The minimum atomic E-state index is 0.527. The van der Waals surface area contributed by atoms with Crippen LogP contribution in [0.4, 0.5) is 5.82 Å². The van der Waals surface area contributed by atoms with Crippen LogP contribution < -0.4 is 5.73 Å². The number of nitrogens with two attached hydrogens (primary N) is 1. The summed E-state index contributed by atoms with van der Waals surface area (Å²) in [6, 6.07) is 8.56. The van der Waals surface area contributed by atoms with E-state index >= 15 is 0 Å². The molecule has 0 bridgehead atoms. The maximum atomic E-state index is 6.20. The van der Waals surface area contributed by atoms with Gasteiger partial charge >= 0.3 is 0 Å². The summed E-state index contributed by atoms with van der Waals surface area (Å²) in [7, 11) is 0. The molecule has 5 heteroatoms. The molecule has 0 amide bonds. The molecule has 0 aliphatic heterocycles. The SMILES string of the molecule is Cc1ccc2[nH]c(-c3nc(C4CCC4)n4ccnc(N)c34)cc2c1. The minimum Gasteiger partial charge on any atom is -0.382 e. The molecule has 1 saturated carbocycles. The van der Waals surface area contributed by atoms with Crippen LogP contribution >= 0.6 is 0 Å². The molecular formula is C19H19N5. The monoisotopic (exact) mass is 317 g/mol. The van der Waals surface area contributed by atoms with Gasteiger partial charge in [-0.1, -0.05) is 18.1 Å². The first-order chi connectivity index (χ1) is 11.7. The molecule has 3 aromatic heterocycles. The van der Waals surface area contributed by atoms with Crippen LogP contribution in [0, 0.1) is 6.92 Å². The number of H-pyrrole nitrogens is 1. The molecule has 1 aromatic carbocycles.